The highest BCUT2D eigenvalue weighted by Crippen LogP contribution is 2.34. The maximum atomic E-state index is 12.4. The Balaban J connectivity index is 0.000000225. The van der Waals surface area contributed by atoms with Gasteiger partial charge >= 0.3 is 0 Å². The van der Waals surface area contributed by atoms with Gasteiger partial charge in [-0.3, -0.25) is 0 Å². The summed E-state index contributed by atoms with van der Waals surface area (Å²) < 4.78 is 24.7. The average molecular weight is 1010 g/mol. The fraction of sp³-hybridized carbons (Fsp3) is 0.231. The zero-order chi connectivity index (χ0) is 44.6. The lowest BCUT2D eigenvalue weighted by molar-refractivity contribution is 0.588. The largest absolute Gasteiger partial charge is 0.398 e. The summed E-state index contributed by atoms with van der Waals surface area (Å²) in [6, 6.07) is 22.5. The molecule has 0 saturated heterocycles. The van der Waals surface area contributed by atoms with Crippen LogP contribution in [0.5, 0.6) is 0 Å². The molecule has 3 heterocycles. The maximum absolute atomic E-state index is 12.4. The summed E-state index contributed by atoms with van der Waals surface area (Å²) in [4.78, 5) is 25.3. The molecule has 0 fully saturated rings. The van der Waals surface area contributed by atoms with Crippen molar-refractivity contribution in [2.24, 2.45) is 0 Å². The van der Waals surface area contributed by atoms with E-state index < -0.39 is 15.1 Å². The molecule has 0 aliphatic rings. The second-order valence-corrected chi connectivity index (χ2v) is 21.0. The predicted molar refractivity (Wildman–Crippen MR) is 256 cm³/mol. The molecule has 11 nitrogen and oxygen atoms in total. The van der Waals surface area contributed by atoms with Gasteiger partial charge in [0, 0.05) is 26.0 Å². The zero-order valence-electron chi connectivity index (χ0n) is 32.8. The Morgan fingerprint density at radius 2 is 0.967 bits per heavy atom. The highest BCUT2D eigenvalue weighted by molar-refractivity contribution is 8.00. The van der Waals surface area contributed by atoms with E-state index in [1.807, 2.05) is 36.4 Å². The van der Waals surface area contributed by atoms with Gasteiger partial charge in [-0.2, -0.15) is 9.97 Å². The number of anilines is 5. The van der Waals surface area contributed by atoms with Crippen LogP contribution in [0.1, 0.15) is 41.5 Å². The summed E-state index contributed by atoms with van der Waals surface area (Å²) in [7, 11) is -3.43. The number of rotatable bonds is 10. The van der Waals surface area contributed by atoms with Gasteiger partial charge in [-0.15, -0.1) is 23.5 Å². The van der Waals surface area contributed by atoms with Crippen molar-refractivity contribution in [3.8, 4) is 0 Å². The lowest BCUT2D eigenvalue weighted by Crippen LogP contribution is -2.15. The molecule has 0 amide bonds. The summed E-state index contributed by atoms with van der Waals surface area (Å²) in [5, 5.41) is 8.10. The number of thioether (sulfide) groups is 2. The SMILES string of the molecule is CC(C)S(=O)(=O)c1ccccc1Nc1nc(Cl)ncc1Cl.CC(C)Sc1ccccc1N.CC(C)Sc1ccccc1Nc1nc(Cl)ncc1Cl.Clc1ncc(Cl)c(Cl)n1. The van der Waals surface area contributed by atoms with Gasteiger partial charge in [-0.25, -0.2) is 28.4 Å². The molecule has 4 N–H and O–H groups in total. The summed E-state index contributed by atoms with van der Waals surface area (Å²) in [5.41, 5.74) is 7.98. The van der Waals surface area contributed by atoms with Crippen molar-refractivity contribution in [1.29, 1.82) is 0 Å². The molecule has 0 unspecified atom stereocenters. The molecule has 320 valence electrons. The maximum Gasteiger partial charge on any atom is 0.224 e. The fourth-order valence-electron chi connectivity index (χ4n) is 4.29. The Morgan fingerprint density at radius 3 is 1.45 bits per heavy atom. The van der Waals surface area contributed by atoms with E-state index in [0.29, 0.717) is 32.1 Å². The van der Waals surface area contributed by atoms with E-state index in [1.54, 1.807) is 55.6 Å². The Hall–Kier alpha value is -3.02. The van der Waals surface area contributed by atoms with Gasteiger partial charge in [0.05, 0.1) is 45.1 Å². The number of para-hydroxylation sites is 3. The molecule has 60 heavy (non-hydrogen) atoms. The molecule has 3 aromatic heterocycles. The van der Waals surface area contributed by atoms with Crippen LogP contribution < -0.4 is 16.4 Å². The highest BCUT2D eigenvalue weighted by atomic mass is 35.5. The first-order chi connectivity index (χ1) is 28.3. The first kappa shape index (κ1) is 51.3. The highest BCUT2D eigenvalue weighted by Gasteiger charge is 2.23. The van der Waals surface area contributed by atoms with Crippen molar-refractivity contribution in [3.05, 3.63) is 127 Å². The van der Waals surface area contributed by atoms with Crippen LogP contribution in [-0.4, -0.2) is 54.1 Å². The van der Waals surface area contributed by atoms with Crippen LogP contribution in [0.25, 0.3) is 0 Å². The fourth-order valence-corrected chi connectivity index (χ4v) is 8.21. The number of halogens is 7. The molecule has 0 aliphatic heterocycles. The molecule has 6 aromatic rings. The van der Waals surface area contributed by atoms with E-state index >= 15 is 0 Å². The molecule has 21 heteroatoms. The molecule has 0 radical (unpaired) electrons. The van der Waals surface area contributed by atoms with Crippen LogP contribution in [-0.2, 0) is 9.84 Å². The van der Waals surface area contributed by atoms with E-state index in [4.69, 9.17) is 86.9 Å². The van der Waals surface area contributed by atoms with Crippen LogP contribution in [0.4, 0.5) is 28.7 Å². The van der Waals surface area contributed by atoms with Crippen molar-refractivity contribution in [2.45, 2.75) is 72.0 Å². The minimum Gasteiger partial charge on any atom is -0.398 e. The minimum absolute atomic E-state index is 0.0195. The molecule has 6 rings (SSSR count). The zero-order valence-corrected chi connectivity index (χ0v) is 40.6. The number of nitrogens with two attached hydrogens (primary N) is 1. The normalized spacial score (nSPS) is 10.9. The standard InChI is InChI=1S/C13H13Cl2N3O2S.C13H13Cl2N3S.C9H13NS.C4HCl3N2/c1-8(2)21(19,20)11-6-4-3-5-10(11)17-12-9(14)7-16-13(15)18-12;1-8(2)19-11-6-4-3-5-10(11)17-12-9(14)7-16-13(15)18-12;1-7(2)11-9-6-4-3-5-8(9)10;5-2-1-8-4(7)9-3(2)6/h3-8H,1-2H3,(H,16,17,18);3-8H,1-2H3,(H,16,17,18);3-7H,10H2,1-2H3;1H. The molecule has 0 aliphatic carbocycles. The number of aromatic nitrogens is 6. The number of sulfone groups is 1. The first-order valence-corrected chi connectivity index (χ1v) is 23.6. The molecule has 0 atom stereocenters. The average Bonchev–Trinajstić information content (AvgIpc) is 3.18. The van der Waals surface area contributed by atoms with E-state index in [-0.39, 0.29) is 36.7 Å². The second-order valence-electron chi connectivity index (χ2n) is 12.7. The van der Waals surface area contributed by atoms with Crippen molar-refractivity contribution in [2.75, 3.05) is 16.4 Å². The van der Waals surface area contributed by atoms with Crippen molar-refractivity contribution >= 4 is 143 Å². The lowest BCUT2D eigenvalue weighted by Gasteiger charge is -2.14. The van der Waals surface area contributed by atoms with Crippen molar-refractivity contribution < 1.29 is 8.42 Å². The van der Waals surface area contributed by atoms with Gasteiger partial charge in [0.1, 0.15) is 10.0 Å². The van der Waals surface area contributed by atoms with Crippen LogP contribution in [0.2, 0.25) is 36.1 Å². The summed E-state index contributed by atoms with van der Waals surface area (Å²) in [5.74, 6) is 0.765. The second kappa shape index (κ2) is 25.2. The number of hydrogen-bond acceptors (Lipinski definition) is 13. The van der Waals surface area contributed by atoms with Gasteiger partial charge in [0.25, 0.3) is 0 Å². The summed E-state index contributed by atoms with van der Waals surface area (Å²) in [6.45, 7) is 11.9. The van der Waals surface area contributed by atoms with Gasteiger partial charge in [0.2, 0.25) is 15.9 Å². The number of nitrogen functional groups attached to an aromatic ring is 1. The van der Waals surface area contributed by atoms with Gasteiger partial charge in [0.15, 0.2) is 26.6 Å². The monoisotopic (exact) mass is 1010 g/mol. The number of benzene rings is 3. The molecular formula is C39H40Cl7N9O2S3. The Kier molecular flexibility index (Phi) is 21.5. The molecular weight excluding hydrogens is 971 g/mol. The van der Waals surface area contributed by atoms with Crippen LogP contribution in [0.15, 0.2) is 106 Å². The third-order valence-corrected chi connectivity index (χ3v) is 13.1. The number of nitrogens with zero attached hydrogens (tertiary/aromatic N) is 6. The first-order valence-electron chi connectivity index (χ1n) is 17.6. The van der Waals surface area contributed by atoms with E-state index in [0.717, 1.165) is 16.3 Å². The number of nitrogens with one attached hydrogen (secondary N) is 2. The van der Waals surface area contributed by atoms with Gasteiger partial charge < -0.3 is 16.4 Å². The number of hydrogen-bond donors (Lipinski definition) is 3. The summed E-state index contributed by atoms with van der Waals surface area (Å²) >= 11 is 43.4. The van der Waals surface area contributed by atoms with Crippen molar-refractivity contribution in [3.63, 3.8) is 0 Å². The van der Waals surface area contributed by atoms with Gasteiger partial charge in [-0.1, -0.05) is 110 Å². The quantitative estimate of drug-likeness (QED) is 0.0515. The van der Waals surface area contributed by atoms with Crippen LogP contribution in [0.3, 0.4) is 0 Å². The molecule has 3 aromatic carbocycles. The smallest absolute Gasteiger partial charge is 0.224 e. The Bertz CT molecular complexity index is 2430. The Labute approximate surface area is 394 Å². The Morgan fingerprint density at radius 1 is 0.550 bits per heavy atom. The topological polar surface area (TPSA) is 162 Å². The van der Waals surface area contributed by atoms with Gasteiger partial charge in [-0.05, 0) is 85.0 Å². The van der Waals surface area contributed by atoms with Crippen molar-refractivity contribution in [1.82, 2.24) is 29.9 Å². The molecule has 0 spiro atoms. The van der Waals surface area contributed by atoms with Crippen LogP contribution >= 0.6 is 105 Å². The minimum atomic E-state index is -3.43. The molecule has 0 saturated carbocycles. The summed E-state index contributed by atoms with van der Waals surface area (Å²) in [6.07, 6.45) is 4.18. The van der Waals surface area contributed by atoms with Crippen LogP contribution in [0, 0.1) is 0 Å². The van der Waals surface area contributed by atoms with E-state index in [1.165, 1.54) is 29.6 Å². The van der Waals surface area contributed by atoms with E-state index in [9.17, 15) is 8.42 Å². The third kappa shape index (κ3) is 17.0. The predicted octanol–water partition coefficient (Wildman–Crippen LogP) is 13.9. The lowest BCUT2D eigenvalue weighted by atomic mass is 10.3. The molecule has 0 bridgehead atoms. The third-order valence-electron chi connectivity index (χ3n) is 6.95. The van der Waals surface area contributed by atoms with E-state index in [2.05, 4.69) is 80.4 Å².